The number of likely N-dealkylation sites (tertiary alicyclic amines) is 1. The highest BCUT2D eigenvalue weighted by molar-refractivity contribution is 5.86. The average molecular weight is 374 g/mol. The molecular weight excluding hydrogens is 348 g/mol. The number of rotatable bonds is 5. The molecule has 1 aromatic heterocycles. The molecule has 2 aromatic carbocycles. The number of hydrogen-bond acceptors (Lipinski definition) is 3. The van der Waals surface area contributed by atoms with Crippen molar-refractivity contribution in [3.8, 4) is 16.9 Å². The van der Waals surface area contributed by atoms with Crippen LogP contribution in [-0.4, -0.2) is 35.0 Å². The average Bonchev–Trinajstić information content (AvgIpc) is 2.75. The van der Waals surface area contributed by atoms with Gasteiger partial charge in [0.15, 0.2) is 0 Å². The first-order valence-electron chi connectivity index (χ1n) is 10.1. The van der Waals surface area contributed by atoms with Gasteiger partial charge in [-0.1, -0.05) is 31.2 Å². The summed E-state index contributed by atoms with van der Waals surface area (Å²) in [6, 6.07) is 16.8. The van der Waals surface area contributed by atoms with Gasteiger partial charge in [-0.15, -0.1) is 0 Å². The van der Waals surface area contributed by atoms with E-state index >= 15 is 0 Å². The molecule has 0 saturated carbocycles. The van der Waals surface area contributed by atoms with Crippen LogP contribution in [0.15, 0.2) is 60.9 Å². The van der Waals surface area contributed by atoms with E-state index in [4.69, 9.17) is 4.74 Å². The third-order valence-electron chi connectivity index (χ3n) is 5.39. The molecule has 0 spiro atoms. The number of hydrogen-bond donors (Lipinski definition) is 0. The molecular formula is C24H26N2O2. The van der Waals surface area contributed by atoms with Crippen molar-refractivity contribution in [1.29, 1.82) is 0 Å². The van der Waals surface area contributed by atoms with E-state index in [0.29, 0.717) is 6.42 Å². The van der Waals surface area contributed by atoms with Crippen LogP contribution in [0, 0.1) is 0 Å². The van der Waals surface area contributed by atoms with E-state index < -0.39 is 0 Å². The fourth-order valence-corrected chi connectivity index (χ4v) is 3.78. The SMILES string of the molecule is CCCC(=O)N1CCC(Oc2ccc(-c3ccc4cnccc4c3)cc2)CC1. The Hall–Kier alpha value is -2.88. The number of carbonyl (C=O) groups excluding carboxylic acids is 1. The molecule has 4 heteroatoms. The lowest BCUT2D eigenvalue weighted by Gasteiger charge is -2.32. The van der Waals surface area contributed by atoms with Crippen LogP contribution in [0.3, 0.4) is 0 Å². The summed E-state index contributed by atoms with van der Waals surface area (Å²) in [4.78, 5) is 18.1. The van der Waals surface area contributed by atoms with Crippen LogP contribution in [-0.2, 0) is 4.79 Å². The van der Waals surface area contributed by atoms with Gasteiger partial charge in [-0.25, -0.2) is 0 Å². The summed E-state index contributed by atoms with van der Waals surface area (Å²) in [6.07, 6.45) is 7.26. The van der Waals surface area contributed by atoms with Gasteiger partial charge in [-0.05, 0) is 47.2 Å². The van der Waals surface area contributed by atoms with E-state index in [-0.39, 0.29) is 12.0 Å². The first-order valence-corrected chi connectivity index (χ1v) is 10.1. The maximum atomic E-state index is 12.0. The Labute approximate surface area is 166 Å². The lowest BCUT2D eigenvalue weighted by molar-refractivity contribution is -0.133. The molecule has 28 heavy (non-hydrogen) atoms. The number of pyridine rings is 1. The second-order valence-corrected chi connectivity index (χ2v) is 7.41. The molecule has 1 aliphatic rings. The van der Waals surface area contributed by atoms with Crippen molar-refractivity contribution in [1.82, 2.24) is 9.88 Å². The molecule has 0 bridgehead atoms. The molecule has 0 atom stereocenters. The zero-order chi connectivity index (χ0) is 19.3. The molecule has 1 fully saturated rings. The summed E-state index contributed by atoms with van der Waals surface area (Å²) in [5.41, 5.74) is 2.36. The highest BCUT2D eigenvalue weighted by Gasteiger charge is 2.23. The van der Waals surface area contributed by atoms with Crippen molar-refractivity contribution in [2.45, 2.75) is 38.7 Å². The molecule has 1 saturated heterocycles. The summed E-state index contributed by atoms with van der Waals surface area (Å²) in [6.45, 7) is 3.65. The third kappa shape index (κ3) is 4.16. The first-order chi connectivity index (χ1) is 13.7. The van der Waals surface area contributed by atoms with E-state index in [1.807, 2.05) is 42.4 Å². The van der Waals surface area contributed by atoms with Crippen LogP contribution in [0.4, 0.5) is 0 Å². The van der Waals surface area contributed by atoms with Crippen LogP contribution in [0.25, 0.3) is 21.9 Å². The van der Waals surface area contributed by atoms with Gasteiger partial charge in [0, 0.05) is 50.1 Å². The van der Waals surface area contributed by atoms with Gasteiger partial charge in [0.05, 0.1) is 0 Å². The molecule has 3 aromatic rings. The minimum absolute atomic E-state index is 0.185. The van der Waals surface area contributed by atoms with Crippen molar-refractivity contribution in [2.75, 3.05) is 13.1 Å². The van der Waals surface area contributed by atoms with Crippen molar-refractivity contribution < 1.29 is 9.53 Å². The van der Waals surface area contributed by atoms with Crippen LogP contribution >= 0.6 is 0 Å². The standard InChI is InChI=1S/C24H26N2O2/c1-2-3-24(27)26-14-11-23(12-15-26)28-22-8-6-18(7-9-22)19-4-5-21-17-25-13-10-20(21)16-19/h4-10,13,16-17,23H,2-3,11-12,14-15H2,1H3. The fourth-order valence-electron chi connectivity index (χ4n) is 3.78. The van der Waals surface area contributed by atoms with E-state index in [2.05, 4.69) is 35.3 Å². The zero-order valence-electron chi connectivity index (χ0n) is 16.3. The first kappa shape index (κ1) is 18.5. The summed E-state index contributed by atoms with van der Waals surface area (Å²) in [5.74, 6) is 1.17. The topological polar surface area (TPSA) is 42.4 Å². The number of benzene rings is 2. The molecule has 0 N–H and O–H groups in total. The normalized spacial score (nSPS) is 15.0. The van der Waals surface area contributed by atoms with Gasteiger partial charge >= 0.3 is 0 Å². The smallest absolute Gasteiger partial charge is 0.222 e. The Bertz CT molecular complexity index is 944. The Balaban J connectivity index is 1.38. The quantitative estimate of drug-likeness (QED) is 0.626. The highest BCUT2D eigenvalue weighted by Crippen LogP contribution is 2.27. The monoisotopic (exact) mass is 374 g/mol. The van der Waals surface area contributed by atoms with Crippen LogP contribution in [0.1, 0.15) is 32.6 Å². The minimum Gasteiger partial charge on any atom is -0.490 e. The number of nitrogens with zero attached hydrogens (tertiary/aromatic N) is 2. The fraction of sp³-hybridized carbons (Fsp3) is 0.333. The van der Waals surface area contributed by atoms with Crippen LogP contribution < -0.4 is 4.74 Å². The number of ether oxygens (including phenoxy) is 1. The molecule has 2 heterocycles. The van der Waals surface area contributed by atoms with Crippen LogP contribution in [0.5, 0.6) is 5.75 Å². The lowest BCUT2D eigenvalue weighted by Crippen LogP contribution is -2.41. The number of carbonyl (C=O) groups is 1. The second kappa shape index (κ2) is 8.42. The molecule has 0 unspecified atom stereocenters. The minimum atomic E-state index is 0.185. The lowest BCUT2D eigenvalue weighted by atomic mass is 10.0. The predicted molar refractivity (Wildman–Crippen MR) is 112 cm³/mol. The van der Waals surface area contributed by atoms with Gasteiger partial charge in [-0.3, -0.25) is 9.78 Å². The molecule has 144 valence electrons. The summed E-state index contributed by atoms with van der Waals surface area (Å²) in [5, 5.41) is 2.34. The molecule has 4 rings (SSSR count). The van der Waals surface area contributed by atoms with Gasteiger partial charge in [0.25, 0.3) is 0 Å². The second-order valence-electron chi connectivity index (χ2n) is 7.41. The van der Waals surface area contributed by atoms with E-state index in [9.17, 15) is 4.79 Å². The zero-order valence-corrected chi connectivity index (χ0v) is 16.3. The maximum absolute atomic E-state index is 12.0. The van der Waals surface area contributed by atoms with Gasteiger partial charge in [-0.2, -0.15) is 0 Å². The van der Waals surface area contributed by atoms with Crippen molar-refractivity contribution in [3.63, 3.8) is 0 Å². The molecule has 0 aliphatic carbocycles. The predicted octanol–water partition coefficient (Wildman–Crippen LogP) is 5.07. The number of piperidine rings is 1. The van der Waals surface area contributed by atoms with E-state index in [1.54, 1.807) is 0 Å². The summed E-state index contributed by atoms with van der Waals surface area (Å²) >= 11 is 0. The molecule has 0 radical (unpaired) electrons. The Morgan fingerprint density at radius 1 is 1.04 bits per heavy atom. The molecule has 1 amide bonds. The maximum Gasteiger partial charge on any atom is 0.222 e. The van der Waals surface area contributed by atoms with Gasteiger partial charge in [0.2, 0.25) is 5.91 Å². The largest absolute Gasteiger partial charge is 0.490 e. The van der Waals surface area contributed by atoms with Gasteiger partial charge < -0.3 is 9.64 Å². The summed E-state index contributed by atoms with van der Waals surface area (Å²) in [7, 11) is 0. The van der Waals surface area contributed by atoms with Crippen molar-refractivity contribution >= 4 is 16.7 Å². The Morgan fingerprint density at radius 2 is 1.79 bits per heavy atom. The van der Waals surface area contributed by atoms with Crippen LogP contribution in [0.2, 0.25) is 0 Å². The number of fused-ring (bicyclic) bond motifs is 1. The number of amides is 1. The molecule has 1 aliphatic heterocycles. The molecule has 4 nitrogen and oxygen atoms in total. The Morgan fingerprint density at radius 3 is 2.54 bits per heavy atom. The van der Waals surface area contributed by atoms with E-state index in [0.717, 1.165) is 43.5 Å². The summed E-state index contributed by atoms with van der Waals surface area (Å²) < 4.78 is 6.16. The van der Waals surface area contributed by atoms with Crippen molar-refractivity contribution in [2.24, 2.45) is 0 Å². The third-order valence-corrected chi connectivity index (χ3v) is 5.39. The van der Waals surface area contributed by atoms with Gasteiger partial charge in [0.1, 0.15) is 11.9 Å². The Kier molecular flexibility index (Phi) is 5.56. The highest BCUT2D eigenvalue weighted by atomic mass is 16.5. The number of aromatic nitrogens is 1. The van der Waals surface area contributed by atoms with Crippen molar-refractivity contribution in [3.05, 3.63) is 60.9 Å². The van der Waals surface area contributed by atoms with E-state index in [1.165, 1.54) is 16.5 Å².